The molecule has 0 aliphatic carbocycles. The summed E-state index contributed by atoms with van der Waals surface area (Å²) in [5, 5.41) is 4.73. The maximum Gasteiger partial charge on any atom is 0.329 e. The lowest BCUT2D eigenvalue weighted by atomic mass is 9.93. The van der Waals surface area contributed by atoms with Gasteiger partial charge in [0.25, 0.3) is 11.8 Å². The number of nitrogens with one attached hydrogen (secondary N) is 2. The van der Waals surface area contributed by atoms with Gasteiger partial charge < -0.3 is 19.4 Å². The van der Waals surface area contributed by atoms with Gasteiger partial charge in [0.05, 0.1) is 6.26 Å². The highest BCUT2D eigenvalue weighted by Crippen LogP contribution is 2.26. The summed E-state index contributed by atoms with van der Waals surface area (Å²) in [7, 11) is 0. The normalized spacial score (nSPS) is 14.6. The number of urea groups is 1. The zero-order chi connectivity index (χ0) is 24.9. The molecule has 2 heterocycles. The Labute approximate surface area is 202 Å². The van der Waals surface area contributed by atoms with Crippen LogP contribution in [-0.2, 0) is 27.3 Å². The molecule has 0 spiro atoms. The topological polar surface area (TPSA) is 118 Å². The molecular weight excluding hydrogens is 450 g/mol. The Hall–Kier alpha value is -4.40. The molecule has 2 aromatic carbocycles. The second-order valence-corrected chi connectivity index (χ2v) is 8.33. The van der Waals surface area contributed by atoms with Crippen LogP contribution in [0.25, 0.3) is 0 Å². The van der Waals surface area contributed by atoms with E-state index >= 15 is 0 Å². The van der Waals surface area contributed by atoms with E-state index in [0.717, 1.165) is 22.3 Å². The summed E-state index contributed by atoms with van der Waals surface area (Å²) in [6.45, 7) is 3.30. The van der Waals surface area contributed by atoms with E-state index in [1.807, 2.05) is 50.2 Å². The number of esters is 1. The van der Waals surface area contributed by atoms with Gasteiger partial charge in [-0.2, -0.15) is 0 Å². The Kier molecular flexibility index (Phi) is 6.96. The number of aryl methyl sites for hydroxylation is 2. The van der Waals surface area contributed by atoms with Gasteiger partial charge in [0.15, 0.2) is 12.4 Å². The predicted molar refractivity (Wildman–Crippen MR) is 127 cm³/mol. The molecule has 9 nitrogen and oxygen atoms in total. The Bertz CT molecular complexity index is 1270. The van der Waals surface area contributed by atoms with E-state index in [1.165, 1.54) is 17.2 Å². The maximum absolute atomic E-state index is 13.0. The Balaban J connectivity index is 1.38. The zero-order valence-corrected chi connectivity index (χ0v) is 19.4. The number of anilines is 1. The molecule has 0 bridgehead atoms. The number of benzene rings is 2. The van der Waals surface area contributed by atoms with E-state index in [-0.39, 0.29) is 18.7 Å². The van der Waals surface area contributed by atoms with Crippen molar-refractivity contribution in [3.63, 3.8) is 0 Å². The number of furan rings is 1. The number of fused-ring (bicyclic) bond motifs is 1. The lowest BCUT2D eigenvalue weighted by molar-refractivity contribution is -0.153. The van der Waals surface area contributed by atoms with Crippen LogP contribution in [0.5, 0.6) is 0 Å². The van der Waals surface area contributed by atoms with Gasteiger partial charge in [-0.1, -0.05) is 42.0 Å². The molecular formula is C26H25N3O6. The van der Waals surface area contributed by atoms with Gasteiger partial charge in [-0.3, -0.25) is 14.9 Å². The van der Waals surface area contributed by atoms with Crippen molar-refractivity contribution in [2.75, 3.05) is 11.9 Å². The van der Waals surface area contributed by atoms with Gasteiger partial charge in [-0.15, -0.1) is 0 Å². The molecule has 9 heteroatoms. The number of hydrogen-bond acceptors (Lipinski definition) is 6. The summed E-state index contributed by atoms with van der Waals surface area (Å²) in [5.74, 6) is -1.89. The number of carbonyl (C=O) groups excluding carboxylic acids is 4. The van der Waals surface area contributed by atoms with Crippen LogP contribution < -0.4 is 10.6 Å². The van der Waals surface area contributed by atoms with Gasteiger partial charge in [0.2, 0.25) is 0 Å². The Morgan fingerprint density at radius 1 is 1.03 bits per heavy atom. The summed E-state index contributed by atoms with van der Waals surface area (Å²) < 4.78 is 10.4. The molecule has 0 fully saturated rings. The van der Waals surface area contributed by atoms with Gasteiger partial charge in [0.1, 0.15) is 6.04 Å². The highest BCUT2D eigenvalue weighted by atomic mass is 16.5. The fourth-order valence-electron chi connectivity index (χ4n) is 3.99. The van der Waals surface area contributed by atoms with Gasteiger partial charge >= 0.3 is 12.0 Å². The molecule has 1 aliphatic rings. The van der Waals surface area contributed by atoms with Crippen LogP contribution in [0.4, 0.5) is 10.5 Å². The first-order valence-electron chi connectivity index (χ1n) is 11.1. The van der Waals surface area contributed by atoms with Crippen molar-refractivity contribution in [3.05, 3.63) is 88.9 Å². The fourth-order valence-corrected chi connectivity index (χ4v) is 3.99. The van der Waals surface area contributed by atoms with Crippen LogP contribution in [0.3, 0.4) is 0 Å². The molecule has 4 amide bonds. The van der Waals surface area contributed by atoms with Gasteiger partial charge in [-0.05, 0) is 48.7 Å². The number of nitrogens with zero attached hydrogens (tertiary/aromatic N) is 1. The first-order chi connectivity index (χ1) is 16.8. The summed E-state index contributed by atoms with van der Waals surface area (Å²) in [4.78, 5) is 51.7. The van der Waals surface area contributed by atoms with E-state index in [2.05, 4.69) is 10.6 Å². The van der Waals surface area contributed by atoms with Crippen LogP contribution >= 0.6 is 0 Å². The van der Waals surface area contributed by atoms with Crippen LogP contribution in [0, 0.1) is 13.8 Å². The average molecular weight is 476 g/mol. The first-order valence-corrected chi connectivity index (χ1v) is 11.1. The van der Waals surface area contributed by atoms with Crippen molar-refractivity contribution < 1.29 is 28.3 Å². The van der Waals surface area contributed by atoms with E-state index in [1.54, 1.807) is 12.1 Å². The van der Waals surface area contributed by atoms with Gasteiger partial charge in [0, 0.05) is 18.7 Å². The third-order valence-corrected chi connectivity index (χ3v) is 5.74. The van der Waals surface area contributed by atoms with Crippen molar-refractivity contribution in [1.29, 1.82) is 0 Å². The third kappa shape index (κ3) is 5.57. The average Bonchev–Trinajstić information content (AvgIpc) is 3.38. The van der Waals surface area contributed by atoms with Crippen LogP contribution in [0.15, 0.2) is 65.3 Å². The molecule has 3 aromatic rings. The molecule has 1 atom stereocenters. The minimum atomic E-state index is -0.945. The molecule has 0 saturated heterocycles. The summed E-state index contributed by atoms with van der Waals surface area (Å²) in [6.07, 6.45) is 1.61. The lowest BCUT2D eigenvalue weighted by Crippen LogP contribution is -2.50. The predicted octanol–water partition coefficient (Wildman–Crippen LogP) is 3.36. The molecule has 4 rings (SSSR count). The number of amides is 4. The van der Waals surface area contributed by atoms with E-state index < -0.39 is 36.5 Å². The molecule has 1 aromatic heterocycles. The second kappa shape index (κ2) is 10.3. The minimum absolute atomic E-state index is 0.1000. The zero-order valence-electron chi connectivity index (χ0n) is 19.4. The minimum Gasteiger partial charge on any atom is -0.459 e. The number of ether oxygens (including phenoxy) is 1. The monoisotopic (exact) mass is 475 g/mol. The highest BCUT2D eigenvalue weighted by molar-refractivity contribution is 6.02. The van der Waals surface area contributed by atoms with Crippen molar-refractivity contribution in [2.24, 2.45) is 0 Å². The van der Waals surface area contributed by atoms with E-state index in [4.69, 9.17) is 9.15 Å². The molecule has 1 unspecified atom stereocenters. The van der Waals surface area contributed by atoms with Crippen molar-refractivity contribution in [3.8, 4) is 0 Å². The fraction of sp³-hybridized carbons (Fsp3) is 0.231. The number of rotatable bonds is 5. The molecule has 1 aliphatic heterocycles. The summed E-state index contributed by atoms with van der Waals surface area (Å²) >= 11 is 0. The lowest BCUT2D eigenvalue weighted by Gasteiger charge is -2.34. The molecule has 180 valence electrons. The van der Waals surface area contributed by atoms with E-state index in [9.17, 15) is 19.2 Å². The van der Waals surface area contributed by atoms with Crippen molar-refractivity contribution in [2.45, 2.75) is 32.9 Å². The molecule has 0 saturated carbocycles. The second-order valence-electron chi connectivity index (χ2n) is 8.33. The quantitative estimate of drug-likeness (QED) is 0.547. The standard InChI is InChI=1S/C26H25N3O6/c1-16-9-10-20(17(2)12-16)27-26(33)28-23(30)15-35-25(32)21-13-18-6-3-4-7-19(18)14-29(21)24(31)22-8-5-11-34-22/h3-12,21H,13-15H2,1-2H3,(H2,27,28,30,33). The molecule has 2 N–H and O–H groups in total. The maximum atomic E-state index is 13.0. The molecule has 35 heavy (non-hydrogen) atoms. The van der Waals surface area contributed by atoms with Crippen molar-refractivity contribution >= 4 is 29.5 Å². The number of carbonyl (C=O) groups is 4. The smallest absolute Gasteiger partial charge is 0.329 e. The number of hydrogen-bond donors (Lipinski definition) is 2. The summed E-state index contributed by atoms with van der Waals surface area (Å²) in [6, 6.07) is 14.4. The van der Waals surface area contributed by atoms with E-state index in [0.29, 0.717) is 5.69 Å². The third-order valence-electron chi connectivity index (χ3n) is 5.74. The largest absolute Gasteiger partial charge is 0.459 e. The molecule has 0 radical (unpaired) electrons. The Morgan fingerprint density at radius 3 is 2.51 bits per heavy atom. The Morgan fingerprint density at radius 2 is 1.80 bits per heavy atom. The SMILES string of the molecule is Cc1ccc(NC(=O)NC(=O)COC(=O)C2Cc3ccccc3CN2C(=O)c2ccco2)c(C)c1. The van der Waals surface area contributed by atoms with Crippen LogP contribution in [0.2, 0.25) is 0 Å². The highest BCUT2D eigenvalue weighted by Gasteiger charge is 2.37. The van der Waals surface area contributed by atoms with Crippen molar-refractivity contribution in [1.82, 2.24) is 10.2 Å². The van der Waals surface area contributed by atoms with Crippen LogP contribution in [-0.4, -0.2) is 41.4 Å². The van der Waals surface area contributed by atoms with Gasteiger partial charge in [-0.25, -0.2) is 9.59 Å². The first kappa shape index (κ1) is 23.7. The van der Waals surface area contributed by atoms with Crippen LogP contribution in [0.1, 0.15) is 32.8 Å². The number of imide groups is 1. The summed E-state index contributed by atoms with van der Waals surface area (Å²) in [5.41, 5.74) is 4.28.